The molecule has 0 nitrogen and oxygen atoms in total. The van der Waals surface area contributed by atoms with Crippen LogP contribution in [0.2, 0.25) is 0 Å². The first kappa shape index (κ1) is 30.6. The molecule has 0 bridgehead atoms. The van der Waals surface area contributed by atoms with Gasteiger partial charge in [0.25, 0.3) is 0 Å². The van der Waals surface area contributed by atoms with Crippen LogP contribution in [-0.2, 0) is 12.8 Å². The summed E-state index contributed by atoms with van der Waals surface area (Å²) in [5, 5.41) is 2.75. The molecule has 0 aliphatic rings. The molecule has 224 valence electrons. The number of rotatable bonds is 14. The third-order valence-corrected chi connectivity index (χ3v) is 11.2. The molecule has 0 N–H and O–H groups in total. The van der Waals surface area contributed by atoms with Gasteiger partial charge < -0.3 is 0 Å². The van der Waals surface area contributed by atoms with Gasteiger partial charge in [0.15, 0.2) is 0 Å². The van der Waals surface area contributed by atoms with Gasteiger partial charge in [-0.1, -0.05) is 149 Å². The minimum absolute atomic E-state index is 1.19. The monoisotopic (exact) mass is 612 g/mol. The van der Waals surface area contributed by atoms with Crippen LogP contribution in [0.4, 0.5) is 0 Å². The van der Waals surface area contributed by atoms with Crippen molar-refractivity contribution < 1.29 is 0 Å². The summed E-state index contributed by atoms with van der Waals surface area (Å²) in [4.78, 5) is 0. The van der Waals surface area contributed by atoms with Crippen LogP contribution in [0.15, 0.2) is 84.9 Å². The topological polar surface area (TPSA) is 0 Å². The number of hydrogen-bond acceptors (Lipinski definition) is 2. The molecule has 2 aromatic heterocycles. The van der Waals surface area contributed by atoms with E-state index in [4.69, 9.17) is 0 Å². The number of hydrogen-bond donors (Lipinski definition) is 0. The van der Waals surface area contributed by atoms with Crippen molar-refractivity contribution in [2.45, 2.75) is 78.1 Å². The van der Waals surface area contributed by atoms with Gasteiger partial charge in [-0.15, -0.1) is 22.7 Å². The fraction of sp³-hybridized carbons (Fsp3) is 0.286. The first-order valence-electron chi connectivity index (χ1n) is 16.6. The molecule has 0 atom stereocenters. The van der Waals surface area contributed by atoms with Gasteiger partial charge in [0.05, 0.1) is 9.40 Å². The predicted octanol–water partition coefficient (Wildman–Crippen LogP) is 13.9. The van der Waals surface area contributed by atoms with Crippen LogP contribution in [0.3, 0.4) is 0 Å². The highest BCUT2D eigenvalue weighted by molar-refractivity contribution is 7.36. The standard InChI is InChI=1S/C42H44S2/c1-3-5-7-9-11-31-13-17-33(18-14-31)21-23-35-25-27-37-39(29-35)43-42-38-28-26-36(30-40(38)44-41(37)42)24-22-34-19-15-32(16-20-34)12-10-8-6-4-2/h13-30H,3-12H2,1-2H3/b23-21+,24-22+. The molecular formula is C42H44S2. The van der Waals surface area contributed by atoms with Crippen molar-refractivity contribution in [1.29, 1.82) is 0 Å². The summed E-state index contributed by atoms with van der Waals surface area (Å²) in [6.07, 6.45) is 21.9. The molecule has 0 amide bonds. The number of thiophene rings is 2. The Bertz CT molecular complexity index is 1720. The summed E-state index contributed by atoms with van der Waals surface area (Å²) < 4.78 is 5.58. The normalized spacial score (nSPS) is 12.1. The largest absolute Gasteiger partial charge is 0.134 e. The predicted molar refractivity (Wildman–Crippen MR) is 201 cm³/mol. The molecule has 0 saturated carbocycles. The lowest BCUT2D eigenvalue weighted by Crippen LogP contribution is -1.85. The van der Waals surface area contributed by atoms with Crippen LogP contribution in [-0.4, -0.2) is 0 Å². The molecule has 0 spiro atoms. The summed E-state index contributed by atoms with van der Waals surface area (Å²) in [7, 11) is 0. The molecule has 0 aliphatic heterocycles. The third kappa shape index (κ3) is 7.60. The van der Waals surface area contributed by atoms with Gasteiger partial charge in [0.2, 0.25) is 0 Å². The summed E-state index contributed by atoms with van der Waals surface area (Å²) in [6.45, 7) is 4.54. The quantitative estimate of drug-likeness (QED) is 0.0848. The van der Waals surface area contributed by atoms with Gasteiger partial charge in [-0.3, -0.25) is 0 Å². The Hall–Kier alpha value is -3.46. The van der Waals surface area contributed by atoms with E-state index >= 15 is 0 Å². The first-order chi connectivity index (χ1) is 21.7. The molecule has 44 heavy (non-hydrogen) atoms. The zero-order valence-corrected chi connectivity index (χ0v) is 27.9. The van der Waals surface area contributed by atoms with Crippen molar-refractivity contribution in [2.24, 2.45) is 0 Å². The van der Waals surface area contributed by atoms with Gasteiger partial charge in [0, 0.05) is 20.2 Å². The highest BCUT2D eigenvalue weighted by atomic mass is 32.1. The summed E-state index contributed by atoms with van der Waals surface area (Å²) in [5.74, 6) is 0. The van der Waals surface area contributed by atoms with E-state index in [1.165, 1.54) is 127 Å². The molecule has 0 saturated heterocycles. The number of unbranched alkanes of at least 4 members (excludes halogenated alkanes) is 6. The first-order valence-corrected chi connectivity index (χ1v) is 18.3. The van der Waals surface area contributed by atoms with Crippen LogP contribution >= 0.6 is 22.7 Å². The zero-order valence-electron chi connectivity index (χ0n) is 26.3. The van der Waals surface area contributed by atoms with Crippen molar-refractivity contribution in [2.75, 3.05) is 0 Å². The molecule has 2 heteroatoms. The molecule has 0 fully saturated rings. The van der Waals surface area contributed by atoms with E-state index in [-0.39, 0.29) is 0 Å². The van der Waals surface area contributed by atoms with E-state index in [2.05, 4.69) is 123 Å². The lowest BCUT2D eigenvalue weighted by molar-refractivity contribution is 0.667. The second kappa shape index (κ2) is 15.0. The Morgan fingerprint density at radius 3 is 1.23 bits per heavy atom. The highest BCUT2D eigenvalue weighted by Crippen LogP contribution is 2.44. The van der Waals surface area contributed by atoms with E-state index in [9.17, 15) is 0 Å². The lowest BCUT2D eigenvalue weighted by atomic mass is 10.0. The van der Waals surface area contributed by atoms with Crippen LogP contribution in [0.1, 0.15) is 98.6 Å². The van der Waals surface area contributed by atoms with Gasteiger partial charge >= 0.3 is 0 Å². The number of fused-ring (bicyclic) bond motifs is 5. The zero-order chi connectivity index (χ0) is 30.1. The molecule has 0 aliphatic carbocycles. The van der Waals surface area contributed by atoms with Gasteiger partial charge in [-0.05, 0) is 71.2 Å². The summed E-state index contributed by atoms with van der Waals surface area (Å²) in [5.41, 5.74) is 7.95. The Kier molecular flexibility index (Phi) is 10.4. The molecule has 0 radical (unpaired) electrons. The van der Waals surface area contributed by atoms with Gasteiger partial charge in [-0.25, -0.2) is 0 Å². The molecule has 6 rings (SSSR count). The molecule has 6 aromatic rings. The van der Waals surface area contributed by atoms with Crippen molar-refractivity contribution in [3.63, 3.8) is 0 Å². The van der Waals surface area contributed by atoms with E-state index in [0.717, 1.165) is 0 Å². The fourth-order valence-electron chi connectivity index (χ4n) is 5.98. The Morgan fingerprint density at radius 2 is 0.818 bits per heavy atom. The second-order valence-electron chi connectivity index (χ2n) is 12.1. The van der Waals surface area contributed by atoms with Gasteiger partial charge in [0.1, 0.15) is 0 Å². The maximum absolute atomic E-state index is 2.35. The van der Waals surface area contributed by atoms with Crippen molar-refractivity contribution >= 4 is 76.5 Å². The molecule has 2 heterocycles. The maximum atomic E-state index is 2.35. The van der Waals surface area contributed by atoms with Gasteiger partial charge in [-0.2, -0.15) is 0 Å². The lowest BCUT2D eigenvalue weighted by Gasteiger charge is -2.02. The number of aryl methyl sites for hydroxylation is 2. The maximum Gasteiger partial charge on any atom is 0.0542 e. The van der Waals surface area contributed by atoms with Crippen LogP contribution < -0.4 is 0 Å². The van der Waals surface area contributed by atoms with E-state index in [1.807, 2.05) is 22.7 Å². The van der Waals surface area contributed by atoms with Crippen LogP contribution in [0, 0.1) is 0 Å². The summed E-state index contributed by atoms with van der Waals surface area (Å²) in [6, 6.07) is 32.1. The molecule has 0 unspecified atom stereocenters. The fourth-order valence-corrected chi connectivity index (χ4v) is 8.73. The SMILES string of the molecule is CCCCCCc1ccc(/C=C/c2ccc3c(c2)sc2c4ccc(/C=C/c5ccc(CCCCCC)cc5)cc4sc32)cc1. The second-order valence-corrected chi connectivity index (χ2v) is 14.2. The number of benzene rings is 4. The molecule has 4 aromatic carbocycles. The molecular weight excluding hydrogens is 569 g/mol. The van der Waals surface area contributed by atoms with Crippen LogP contribution in [0.5, 0.6) is 0 Å². The Labute approximate surface area is 271 Å². The average Bonchev–Trinajstić information content (AvgIpc) is 3.59. The van der Waals surface area contributed by atoms with Crippen molar-refractivity contribution in [1.82, 2.24) is 0 Å². The smallest absolute Gasteiger partial charge is 0.0542 e. The average molecular weight is 613 g/mol. The summed E-state index contributed by atoms with van der Waals surface area (Å²) >= 11 is 3.86. The minimum Gasteiger partial charge on any atom is -0.134 e. The van der Waals surface area contributed by atoms with Crippen molar-refractivity contribution in [3.8, 4) is 0 Å². The third-order valence-electron chi connectivity index (χ3n) is 8.66. The Balaban J connectivity index is 1.12. The van der Waals surface area contributed by atoms with E-state index in [0.29, 0.717) is 0 Å². The van der Waals surface area contributed by atoms with E-state index < -0.39 is 0 Å². The van der Waals surface area contributed by atoms with Crippen LogP contribution in [0.25, 0.3) is 53.9 Å². The minimum atomic E-state index is 1.19. The van der Waals surface area contributed by atoms with Crippen molar-refractivity contribution in [3.05, 3.63) is 118 Å². The van der Waals surface area contributed by atoms with E-state index in [1.54, 1.807) is 0 Å². The Morgan fingerprint density at radius 1 is 0.432 bits per heavy atom. The highest BCUT2D eigenvalue weighted by Gasteiger charge is 2.12.